The van der Waals surface area contributed by atoms with Crippen LogP contribution >= 0.6 is 34.5 Å². The molecule has 1 N–H and O–H groups in total. The molecule has 116 valence electrons. The first-order chi connectivity index (χ1) is 9.93. The van der Waals surface area contributed by atoms with Crippen molar-refractivity contribution in [2.75, 3.05) is 11.9 Å². The fraction of sp³-hybridized carbons (Fsp3) is 0.571. The first kappa shape index (κ1) is 16.6. The maximum atomic E-state index is 12.2. The second-order valence-corrected chi connectivity index (χ2v) is 7.27. The molecule has 1 atom stereocenters. The zero-order valence-electron chi connectivity index (χ0n) is 11.9. The summed E-state index contributed by atoms with van der Waals surface area (Å²) in [5.74, 6) is -0.361. The van der Waals surface area contributed by atoms with E-state index in [1.807, 2.05) is 0 Å². The lowest BCUT2D eigenvalue weighted by Crippen LogP contribution is -2.20. The quantitative estimate of drug-likeness (QED) is 0.664. The van der Waals surface area contributed by atoms with Gasteiger partial charge >= 0.3 is 5.97 Å². The number of ether oxygens (including phenoxy) is 1. The Bertz CT molecular complexity index is 557. The Morgan fingerprint density at radius 3 is 2.81 bits per heavy atom. The Morgan fingerprint density at radius 2 is 2.19 bits per heavy atom. The molecule has 0 aromatic carbocycles. The fourth-order valence-electron chi connectivity index (χ4n) is 2.42. The van der Waals surface area contributed by atoms with Crippen LogP contribution in [-0.4, -0.2) is 23.3 Å². The standard InChI is InChI=1S/C14H17Cl2NO3S/c1-3-20-14(19)10-8-5-4-7(2)6-9(8)21-13(10)17-12(18)11(15)16/h7,11H,3-6H2,1-2H3,(H,17,18)/t7-/m1/s1. The number of nitrogens with one attached hydrogen (secondary N) is 1. The lowest BCUT2D eigenvalue weighted by molar-refractivity contribution is -0.114. The third kappa shape index (κ3) is 3.71. The van der Waals surface area contributed by atoms with E-state index < -0.39 is 16.7 Å². The van der Waals surface area contributed by atoms with Crippen LogP contribution in [0.5, 0.6) is 0 Å². The van der Waals surface area contributed by atoms with Gasteiger partial charge in [0.05, 0.1) is 12.2 Å². The molecule has 1 amide bonds. The van der Waals surface area contributed by atoms with E-state index in [-0.39, 0.29) is 0 Å². The topological polar surface area (TPSA) is 55.4 Å². The van der Waals surface area contributed by atoms with Crippen LogP contribution in [0.2, 0.25) is 0 Å². The van der Waals surface area contributed by atoms with Gasteiger partial charge < -0.3 is 10.1 Å². The van der Waals surface area contributed by atoms with Crippen molar-refractivity contribution in [3.05, 3.63) is 16.0 Å². The van der Waals surface area contributed by atoms with E-state index in [4.69, 9.17) is 27.9 Å². The van der Waals surface area contributed by atoms with Gasteiger partial charge in [-0.3, -0.25) is 4.79 Å². The number of fused-ring (bicyclic) bond motifs is 1. The molecule has 1 aromatic heterocycles. The summed E-state index contributed by atoms with van der Waals surface area (Å²) in [6, 6.07) is 0. The van der Waals surface area contributed by atoms with Crippen molar-refractivity contribution >= 4 is 51.4 Å². The molecule has 7 heteroatoms. The Labute approximate surface area is 137 Å². The molecular formula is C14H17Cl2NO3S. The Balaban J connectivity index is 2.38. The van der Waals surface area contributed by atoms with Gasteiger partial charge in [0.15, 0.2) is 4.84 Å². The summed E-state index contributed by atoms with van der Waals surface area (Å²) >= 11 is 12.5. The van der Waals surface area contributed by atoms with E-state index in [0.717, 1.165) is 29.7 Å². The molecule has 1 aromatic rings. The zero-order valence-corrected chi connectivity index (χ0v) is 14.2. The van der Waals surface area contributed by atoms with Gasteiger partial charge in [0.2, 0.25) is 0 Å². The molecule has 1 aliphatic rings. The number of carbonyl (C=O) groups excluding carboxylic acids is 2. The molecule has 1 heterocycles. The molecule has 0 saturated carbocycles. The van der Waals surface area contributed by atoms with Crippen molar-refractivity contribution < 1.29 is 14.3 Å². The molecule has 0 radical (unpaired) electrons. The molecule has 21 heavy (non-hydrogen) atoms. The monoisotopic (exact) mass is 349 g/mol. The van der Waals surface area contributed by atoms with Crippen LogP contribution < -0.4 is 5.32 Å². The van der Waals surface area contributed by atoms with E-state index in [2.05, 4.69) is 12.2 Å². The third-order valence-corrected chi connectivity index (χ3v) is 4.99. The van der Waals surface area contributed by atoms with Gasteiger partial charge in [0.1, 0.15) is 5.00 Å². The minimum absolute atomic E-state index is 0.293. The zero-order chi connectivity index (χ0) is 15.6. The SMILES string of the molecule is CCOC(=O)c1c(NC(=O)C(Cl)Cl)sc2c1CC[C@@H](C)C2. The molecule has 0 unspecified atom stereocenters. The summed E-state index contributed by atoms with van der Waals surface area (Å²) in [5, 5.41) is 3.13. The predicted molar refractivity (Wildman–Crippen MR) is 85.6 cm³/mol. The van der Waals surface area contributed by atoms with Crippen molar-refractivity contribution in [1.82, 2.24) is 0 Å². The van der Waals surface area contributed by atoms with Gasteiger partial charge in [-0.15, -0.1) is 11.3 Å². The second-order valence-electron chi connectivity index (χ2n) is 5.07. The van der Waals surface area contributed by atoms with Crippen molar-refractivity contribution in [3.63, 3.8) is 0 Å². The largest absolute Gasteiger partial charge is 0.462 e. The smallest absolute Gasteiger partial charge is 0.341 e. The number of amides is 1. The summed E-state index contributed by atoms with van der Waals surface area (Å²) < 4.78 is 5.11. The molecule has 0 saturated heterocycles. The average molecular weight is 350 g/mol. The number of rotatable bonds is 4. The second kappa shape index (κ2) is 6.99. The minimum atomic E-state index is -1.17. The van der Waals surface area contributed by atoms with Gasteiger partial charge in [-0.1, -0.05) is 30.1 Å². The first-order valence-corrected chi connectivity index (χ1v) is 8.53. The van der Waals surface area contributed by atoms with Gasteiger partial charge in [0.25, 0.3) is 5.91 Å². The molecule has 4 nitrogen and oxygen atoms in total. The van der Waals surface area contributed by atoms with Crippen LogP contribution in [0.1, 0.15) is 41.1 Å². The number of anilines is 1. The van der Waals surface area contributed by atoms with Crippen molar-refractivity contribution in [3.8, 4) is 0 Å². The maximum absolute atomic E-state index is 12.2. The Kier molecular flexibility index (Phi) is 5.52. The molecule has 0 bridgehead atoms. The highest BCUT2D eigenvalue weighted by Crippen LogP contribution is 2.40. The summed E-state index contributed by atoms with van der Waals surface area (Å²) in [6.45, 7) is 4.23. The highest BCUT2D eigenvalue weighted by molar-refractivity contribution is 7.17. The van der Waals surface area contributed by atoms with Gasteiger partial charge in [-0.05, 0) is 37.7 Å². The van der Waals surface area contributed by atoms with Gasteiger partial charge in [0, 0.05) is 4.88 Å². The van der Waals surface area contributed by atoms with Crippen LogP contribution in [0.15, 0.2) is 0 Å². The average Bonchev–Trinajstić information content (AvgIpc) is 2.75. The van der Waals surface area contributed by atoms with E-state index in [0.29, 0.717) is 23.1 Å². The predicted octanol–water partition coefficient (Wildman–Crippen LogP) is 3.79. The number of alkyl halides is 2. The molecule has 0 aliphatic heterocycles. The third-order valence-electron chi connectivity index (χ3n) is 3.43. The highest BCUT2D eigenvalue weighted by Gasteiger charge is 2.29. The van der Waals surface area contributed by atoms with Crippen molar-refractivity contribution in [1.29, 1.82) is 0 Å². The Morgan fingerprint density at radius 1 is 1.48 bits per heavy atom. The van der Waals surface area contributed by atoms with Gasteiger partial charge in [-0.2, -0.15) is 0 Å². The van der Waals surface area contributed by atoms with Gasteiger partial charge in [-0.25, -0.2) is 4.79 Å². The molecule has 2 rings (SSSR count). The highest BCUT2D eigenvalue weighted by atomic mass is 35.5. The number of carbonyl (C=O) groups is 2. The van der Waals surface area contributed by atoms with Crippen LogP contribution in [0.4, 0.5) is 5.00 Å². The molecular weight excluding hydrogens is 333 g/mol. The van der Waals surface area contributed by atoms with Crippen LogP contribution in [0.25, 0.3) is 0 Å². The van der Waals surface area contributed by atoms with Crippen LogP contribution in [0.3, 0.4) is 0 Å². The summed E-state index contributed by atoms with van der Waals surface area (Å²) in [6.07, 6.45) is 2.76. The lowest BCUT2D eigenvalue weighted by atomic mass is 9.88. The number of esters is 1. The number of hydrogen-bond donors (Lipinski definition) is 1. The summed E-state index contributed by atoms with van der Waals surface area (Å²) in [7, 11) is 0. The van der Waals surface area contributed by atoms with E-state index in [9.17, 15) is 9.59 Å². The minimum Gasteiger partial charge on any atom is -0.462 e. The summed E-state index contributed by atoms with van der Waals surface area (Å²) in [5.41, 5.74) is 1.46. The molecule has 1 aliphatic carbocycles. The van der Waals surface area contributed by atoms with Crippen LogP contribution in [-0.2, 0) is 22.4 Å². The summed E-state index contributed by atoms with van der Waals surface area (Å²) in [4.78, 5) is 23.9. The van der Waals surface area contributed by atoms with E-state index in [1.165, 1.54) is 11.3 Å². The number of halogens is 2. The normalized spacial score (nSPS) is 17.5. The van der Waals surface area contributed by atoms with E-state index in [1.54, 1.807) is 6.92 Å². The van der Waals surface area contributed by atoms with Crippen molar-refractivity contribution in [2.45, 2.75) is 37.9 Å². The lowest BCUT2D eigenvalue weighted by Gasteiger charge is -2.18. The number of hydrogen-bond acceptors (Lipinski definition) is 4. The molecule has 0 fully saturated rings. The maximum Gasteiger partial charge on any atom is 0.341 e. The number of thiophene rings is 1. The Hall–Kier alpha value is -0.780. The first-order valence-electron chi connectivity index (χ1n) is 6.84. The van der Waals surface area contributed by atoms with E-state index >= 15 is 0 Å². The van der Waals surface area contributed by atoms with Crippen molar-refractivity contribution in [2.24, 2.45) is 5.92 Å². The molecule has 0 spiro atoms. The van der Waals surface area contributed by atoms with Crippen LogP contribution in [0, 0.1) is 5.92 Å². The fourth-order valence-corrected chi connectivity index (χ4v) is 3.94.